The molecule has 1 saturated heterocycles. The van der Waals surface area contributed by atoms with Crippen LogP contribution < -0.4 is 62.7 Å². The fourth-order valence-corrected chi connectivity index (χ4v) is 9.69. The normalized spacial score (nSPS) is 14.9. The monoisotopic (exact) mass is 812 g/mol. The third-order valence-corrected chi connectivity index (χ3v) is 13.0. The molecule has 228 valence electrons. The molecule has 0 radical (unpaired) electrons. The third kappa shape index (κ3) is 8.82. The molecular weight excluding hydrogens is 770 g/mol. The van der Waals surface area contributed by atoms with Crippen molar-refractivity contribution in [3.63, 3.8) is 0 Å². The Morgan fingerprint density at radius 2 is 1.79 bits per heavy atom. The van der Waals surface area contributed by atoms with Crippen molar-refractivity contribution in [2.45, 2.75) is 25.8 Å². The maximum atomic E-state index is 6.43. The number of anilines is 3. The molecule has 0 aliphatic carbocycles. The molecular formula is C32H42I2N6OS-2. The Labute approximate surface area is 275 Å². The van der Waals surface area contributed by atoms with E-state index in [2.05, 4.69) is 81.1 Å². The Kier molecular flexibility index (Phi) is 12.2. The summed E-state index contributed by atoms with van der Waals surface area (Å²) in [5.74, 6) is 2.24. The van der Waals surface area contributed by atoms with Crippen LogP contribution in [0.2, 0.25) is 0 Å². The van der Waals surface area contributed by atoms with Crippen molar-refractivity contribution in [3.05, 3.63) is 65.8 Å². The number of unbranched alkanes of at least 4 members (excludes halogenated alkanes) is 1. The maximum absolute atomic E-state index is 6.43. The van der Waals surface area contributed by atoms with Crippen molar-refractivity contribution in [3.8, 4) is 11.6 Å². The molecule has 0 amide bonds. The number of nitrogens with one attached hydrogen (secondary N) is 2. The topological polar surface area (TPSA) is 65.6 Å². The van der Waals surface area contributed by atoms with Crippen LogP contribution in [0.25, 0.3) is 10.2 Å². The van der Waals surface area contributed by atoms with Crippen LogP contribution >= 0.6 is 11.3 Å². The van der Waals surface area contributed by atoms with E-state index in [0.29, 0.717) is 27.1 Å². The number of hydrogen-bond donors (Lipinski definition) is 2. The van der Waals surface area contributed by atoms with Gasteiger partial charge in [0.15, 0.2) is 0 Å². The van der Waals surface area contributed by atoms with Gasteiger partial charge in [0.1, 0.15) is 0 Å². The number of piperazine rings is 1. The van der Waals surface area contributed by atoms with Gasteiger partial charge in [0.25, 0.3) is 0 Å². The summed E-state index contributed by atoms with van der Waals surface area (Å²) in [7, 11) is 2.20. The first-order chi connectivity index (χ1) is 20.6. The molecule has 7 nitrogen and oxygen atoms in total. The van der Waals surface area contributed by atoms with Crippen LogP contribution in [0, 0.1) is 0 Å². The molecule has 42 heavy (non-hydrogen) atoms. The number of hydrogen-bond acceptors (Lipinski definition) is 8. The molecule has 10 heteroatoms. The zero-order chi connectivity index (χ0) is 29.1. The average molecular weight is 813 g/mol. The molecule has 5 rings (SSSR count). The van der Waals surface area contributed by atoms with E-state index >= 15 is 0 Å². The van der Waals surface area contributed by atoms with Crippen LogP contribution in [0.1, 0.15) is 31.6 Å². The quantitative estimate of drug-likeness (QED) is 0.103. The van der Waals surface area contributed by atoms with Crippen molar-refractivity contribution in [2.24, 2.45) is 0 Å². The van der Waals surface area contributed by atoms with Gasteiger partial charge in [-0.1, -0.05) is 0 Å². The molecule has 1 atom stereocenters. The molecule has 0 saturated carbocycles. The Hall–Kier alpha value is -1.90. The number of likely N-dealkylation sites (N-methyl/N-ethyl adjacent to an activating group) is 1. The summed E-state index contributed by atoms with van der Waals surface area (Å²) in [5, 5.41) is 9.28. The Morgan fingerprint density at radius 1 is 0.976 bits per heavy atom. The SMILES string of the molecule is CCNc1cccc(Oc2nc([C@H](C[I-]CCCC[I-]C)Nc3ccc(N4CCN(C)CC4)cc3)nc3ccsc23)c1. The Bertz CT molecular complexity index is 1390. The van der Waals surface area contributed by atoms with Gasteiger partial charge in [0, 0.05) is 0 Å². The molecule has 2 aromatic heterocycles. The second-order valence-corrected chi connectivity index (χ2v) is 17.0. The fourth-order valence-electron chi connectivity index (χ4n) is 4.87. The van der Waals surface area contributed by atoms with Crippen LogP contribution in [0.4, 0.5) is 17.1 Å². The van der Waals surface area contributed by atoms with E-state index < -0.39 is 0 Å². The van der Waals surface area contributed by atoms with Crippen LogP contribution in [0.15, 0.2) is 60.0 Å². The van der Waals surface area contributed by atoms with Gasteiger partial charge >= 0.3 is 277 Å². The summed E-state index contributed by atoms with van der Waals surface area (Å²) in [6, 6.07) is 19.2. The number of alkyl halides is 4. The summed E-state index contributed by atoms with van der Waals surface area (Å²) >= 11 is 2.07. The van der Waals surface area contributed by atoms with Gasteiger partial charge in [0.2, 0.25) is 0 Å². The summed E-state index contributed by atoms with van der Waals surface area (Å²) in [4.78, 5) is 17.4. The molecule has 1 aliphatic rings. The van der Waals surface area contributed by atoms with Gasteiger partial charge in [0.05, 0.1) is 0 Å². The van der Waals surface area contributed by atoms with Crippen LogP contribution in [-0.2, 0) is 0 Å². The molecule has 3 heterocycles. The average Bonchev–Trinajstić information content (AvgIpc) is 3.49. The summed E-state index contributed by atoms with van der Waals surface area (Å²) in [5.41, 5.74) is 4.40. The van der Waals surface area contributed by atoms with Crippen LogP contribution in [0.5, 0.6) is 11.6 Å². The number of benzene rings is 2. The number of thiophene rings is 1. The second kappa shape index (κ2) is 16.2. The van der Waals surface area contributed by atoms with Crippen LogP contribution in [-0.4, -0.2) is 72.9 Å². The number of ether oxygens (including phenoxy) is 1. The molecule has 0 bridgehead atoms. The summed E-state index contributed by atoms with van der Waals surface area (Å²) in [6.45, 7) is 7.33. The molecule has 0 unspecified atom stereocenters. The molecule has 1 fully saturated rings. The molecule has 1 aliphatic heterocycles. The van der Waals surface area contributed by atoms with Crippen molar-refractivity contribution in [1.29, 1.82) is 0 Å². The van der Waals surface area contributed by atoms with Gasteiger partial charge < -0.3 is 0 Å². The Balaban J connectivity index is 1.37. The third-order valence-electron chi connectivity index (χ3n) is 7.21. The summed E-state index contributed by atoms with van der Waals surface area (Å²) < 4.78 is 11.3. The first kappa shape index (κ1) is 31.5. The van der Waals surface area contributed by atoms with Crippen molar-refractivity contribution >= 4 is 38.6 Å². The predicted molar refractivity (Wildman–Crippen MR) is 170 cm³/mol. The molecule has 0 spiro atoms. The van der Waals surface area contributed by atoms with E-state index in [1.807, 2.05) is 18.2 Å². The predicted octanol–water partition coefficient (Wildman–Crippen LogP) is 0.408. The summed E-state index contributed by atoms with van der Waals surface area (Å²) in [6.07, 6.45) is 2.74. The molecule has 4 aromatic rings. The number of rotatable bonds is 15. The second-order valence-electron chi connectivity index (χ2n) is 10.4. The first-order valence-electron chi connectivity index (χ1n) is 14.7. The van der Waals surface area contributed by atoms with Gasteiger partial charge in [-0.25, -0.2) is 0 Å². The van der Waals surface area contributed by atoms with Gasteiger partial charge in [-0.2, -0.15) is 0 Å². The molecule has 2 aromatic carbocycles. The minimum absolute atomic E-state index is 0.0310. The number of fused-ring (bicyclic) bond motifs is 1. The van der Waals surface area contributed by atoms with Gasteiger partial charge in [-0.05, 0) is 0 Å². The molecule has 2 N–H and O–H groups in total. The van der Waals surface area contributed by atoms with Crippen molar-refractivity contribution < 1.29 is 47.1 Å². The zero-order valence-electron chi connectivity index (χ0n) is 24.8. The van der Waals surface area contributed by atoms with E-state index in [1.165, 1.54) is 27.4 Å². The Morgan fingerprint density at radius 3 is 2.57 bits per heavy atom. The minimum atomic E-state index is 0.0310. The van der Waals surface area contributed by atoms with E-state index in [1.54, 1.807) is 11.3 Å². The zero-order valence-corrected chi connectivity index (χ0v) is 29.9. The van der Waals surface area contributed by atoms with Crippen molar-refractivity contribution in [2.75, 3.05) is 73.5 Å². The van der Waals surface area contributed by atoms with Crippen molar-refractivity contribution in [1.82, 2.24) is 14.9 Å². The van der Waals surface area contributed by atoms with E-state index in [4.69, 9.17) is 14.7 Å². The number of halogens is 2. The van der Waals surface area contributed by atoms with Gasteiger partial charge in [-0.15, -0.1) is 0 Å². The standard InChI is InChI=1S/C32H42I2N6OS/c1-4-35-25-8-7-9-27(22-25)41-32-30-28(14-21-42-30)37-31(38-32)29(23-34-16-6-5-15-33-2)36-24-10-12-26(13-11-24)40-19-17-39(3)18-20-40/h7-14,21-22,29,35-36H,4-6,15-20,23H2,1-3H3/q-2/t29-/m0/s1. The van der Waals surface area contributed by atoms with E-state index in [0.717, 1.165) is 70.3 Å². The van der Waals surface area contributed by atoms with E-state index in [-0.39, 0.29) is 27.2 Å². The van der Waals surface area contributed by atoms with Gasteiger partial charge in [-0.3, -0.25) is 0 Å². The van der Waals surface area contributed by atoms with Crippen LogP contribution in [0.3, 0.4) is 0 Å². The number of aromatic nitrogens is 2. The fraction of sp³-hybridized carbons (Fsp3) is 0.438. The first-order valence-corrected chi connectivity index (χ1v) is 22.3. The van der Waals surface area contributed by atoms with E-state index in [9.17, 15) is 0 Å². The number of nitrogens with zero attached hydrogens (tertiary/aromatic N) is 4.